The Kier molecular flexibility index (Phi) is 5.92. The van der Waals surface area contributed by atoms with Crippen molar-refractivity contribution in [3.05, 3.63) is 28.2 Å². The van der Waals surface area contributed by atoms with Crippen molar-refractivity contribution in [2.24, 2.45) is 0 Å². The molecule has 1 rings (SSSR count). The second kappa shape index (κ2) is 6.99. The van der Waals surface area contributed by atoms with Gasteiger partial charge in [-0.15, -0.1) is 0 Å². The Hall–Kier alpha value is -0.960. The zero-order valence-corrected chi connectivity index (χ0v) is 12.4. The van der Waals surface area contributed by atoms with E-state index in [1.54, 1.807) is 0 Å². The fourth-order valence-electron chi connectivity index (χ4n) is 1.37. The number of aliphatic hydroxyl groups excluding tert-OH is 1. The molecule has 6 nitrogen and oxygen atoms in total. The maximum atomic E-state index is 11.9. The fraction of sp³-hybridized carbons (Fsp3) is 0.364. The largest absolute Gasteiger partial charge is 0.478 e. The smallest absolute Gasteiger partial charge is 0.335 e. The summed E-state index contributed by atoms with van der Waals surface area (Å²) in [5.74, 6) is -1.12. The van der Waals surface area contributed by atoms with Gasteiger partial charge in [0.05, 0.1) is 10.5 Å². The average Bonchev–Trinajstić information content (AvgIpc) is 2.34. The van der Waals surface area contributed by atoms with Gasteiger partial charge in [0.2, 0.25) is 10.0 Å². The van der Waals surface area contributed by atoms with Gasteiger partial charge in [-0.2, -0.15) is 0 Å². The number of aromatic carboxylic acids is 1. The number of benzene rings is 1. The van der Waals surface area contributed by atoms with E-state index in [9.17, 15) is 13.2 Å². The Labute approximate surface area is 119 Å². The van der Waals surface area contributed by atoms with Crippen LogP contribution >= 0.6 is 15.9 Å². The third-order valence-corrected chi connectivity index (χ3v) is 4.78. The first-order valence-corrected chi connectivity index (χ1v) is 7.79. The highest BCUT2D eigenvalue weighted by molar-refractivity contribution is 9.10. The predicted octanol–water partition coefficient (Wildman–Crippen LogP) is 1.20. The van der Waals surface area contributed by atoms with Crippen LogP contribution in [0.25, 0.3) is 0 Å². The van der Waals surface area contributed by atoms with Crippen molar-refractivity contribution in [1.82, 2.24) is 4.72 Å². The number of hydrogen-bond donors (Lipinski definition) is 3. The molecule has 0 radical (unpaired) electrons. The van der Waals surface area contributed by atoms with Crippen LogP contribution in [0.1, 0.15) is 23.2 Å². The fourth-order valence-corrected chi connectivity index (χ4v) is 3.52. The molecule has 0 aliphatic carbocycles. The lowest BCUT2D eigenvalue weighted by Gasteiger charge is -2.08. The molecule has 0 heterocycles. The standard InChI is InChI=1S/C11H14BrNO5S/c12-9-7-8(11(15)16)3-4-10(9)19(17,18)13-5-1-2-6-14/h3-4,7,13-14H,1-2,5-6H2,(H,15,16). The van der Waals surface area contributed by atoms with E-state index in [0.29, 0.717) is 12.8 Å². The minimum Gasteiger partial charge on any atom is -0.478 e. The van der Waals surface area contributed by atoms with Gasteiger partial charge in [0.25, 0.3) is 0 Å². The summed E-state index contributed by atoms with van der Waals surface area (Å²) in [6.45, 7) is 0.231. The first kappa shape index (κ1) is 16.1. The predicted molar refractivity (Wildman–Crippen MR) is 72.6 cm³/mol. The molecule has 0 amide bonds. The molecule has 0 saturated carbocycles. The van der Waals surface area contributed by atoms with Crippen LogP contribution in [-0.2, 0) is 10.0 Å². The van der Waals surface area contributed by atoms with E-state index in [1.165, 1.54) is 18.2 Å². The Bertz CT molecular complexity index is 558. The van der Waals surface area contributed by atoms with Crippen molar-refractivity contribution in [3.63, 3.8) is 0 Å². The van der Waals surface area contributed by atoms with Crippen LogP contribution in [0.3, 0.4) is 0 Å². The summed E-state index contributed by atoms with van der Waals surface area (Å²) >= 11 is 3.05. The Morgan fingerprint density at radius 2 is 2.00 bits per heavy atom. The lowest BCUT2D eigenvalue weighted by Crippen LogP contribution is -2.25. The van der Waals surface area contributed by atoms with Gasteiger partial charge in [0.15, 0.2) is 0 Å². The number of aliphatic hydroxyl groups is 1. The number of carboxylic acids is 1. The summed E-state index contributed by atoms with van der Waals surface area (Å²) in [5.41, 5.74) is 0.00565. The van der Waals surface area contributed by atoms with Crippen LogP contribution in [0.4, 0.5) is 0 Å². The normalized spacial score (nSPS) is 11.5. The Morgan fingerprint density at radius 3 is 2.53 bits per heavy atom. The number of halogens is 1. The molecule has 1 aromatic carbocycles. The Balaban J connectivity index is 2.87. The molecule has 8 heteroatoms. The van der Waals surface area contributed by atoms with Crippen molar-refractivity contribution in [2.45, 2.75) is 17.7 Å². The number of unbranched alkanes of at least 4 members (excludes halogenated alkanes) is 1. The third-order valence-electron chi connectivity index (χ3n) is 2.35. The lowest BCUT2D eigenvalue weighted by molar-refractivity contribution is 0.0696. The van der Waals surface area contributed by atoms with Crippen LogP contribution in [0.15, 0.2) is 27.6 Å². The zero-order chi connectivity index (χ0) is 14.5. The molecule has 0 fully saturated rings. The number of rotatable bonds is 7. The first-order chi connectivity index (χ1) is 8.88. The number of sulfonamides is 1. The molecule has 106 valence electrons. The van der Waals surface area contributed by atoms with Crippen molar-refractivity contribution < 1.29 is 23.4 Å². The topological polar surface area (TPSA) is 104 Å². The minimum atomic E-state index is -3.69. The summed E-state index contributed by atoms with van der Waals surface area (Å²) in [5, 5.41) is 17.4. The first-order valence-electron chi connectivity index (χ1n) is 5.52. The van der Waals surface area contributed by atoms with Crippen LogP contribution in [0.2, 0.25) is 0 Å². The van der Waals surface area contributed by atoms with E-state index in [0.717, 1.165) is 0 Å². The molecule has 3 N–H and O–H groups in total. The van der Waals surface area contributed by atoms with E-state index >= 15 is 0 Å². The number of hydrogen-bond acceptors (Lipinski definition) is 4. The molecule has 0 aromatic heterocycles. The molecule has 0 bridgehead atoms. The molecule has 19 heavy (non-hydrogen) atoms. The maximum Gasteiger partial charge on any atom is 0.335 e. The van der Waals surface area contributed by atoms with Crippen LogP contribution in [0.5, 0.6) is 0 Å². The van der Waals surface area contributed by atoms with Gasteiger partial charge in [-0.25, -0.2) is 17.9 Å². The summed E-state index contributed by atoms with van der Waals surface area (Å²) in [7, 11) is -3.69. The van der Waals surface area contributed by atoms with Crippen LogP contribution in [0, 0.1) is 0 Å². The summed E-state index contributed by atoms with van der Waals surface area (Å²) in [4.78, 5) is 10.7. The summed E-state index contributed by atoms with van der Waals surface area (Å²) < 4.78 is 26.5. The number of carboxylic acid groups (broad SMARTS) is 1. The second-order valence-corrected chi connectivity index (χ2v) is 6.37. The number of nitrogens with one attached hydrogen (secondary N) is 1. The molecular formula is C11H14BrNO5S. The van der Waals surface area contributed by atoms with Gasteiger partial charge in [-0.05, 0) is 47.0 Å². The molecule has 0 aliphatic heterocycles. The molecule has 0 spiro atoms. The molecule has 0 saturated heterocycles. The van der Waals surface area contributed by atoms with Crippen molar-refractivity contribution >= 4 is 31.9 Å². The highest BCUT2D eigenvalue weighted by atomic mass is 79.9. The second-order valence-electron chi connectivity index (χ2n) is 3.78. The molecular weight excluding hydrogens is 338 g/mol. The molecule has 0 atom stereocenters. The highest BCUT2D eigenvalue weighted by Gasteiger charge is 2.18. The monoisotopic (exact) mass is 351 g/mol. The van der Waals surface area contributed by atoms with Crippen LogP contribution in [-0.4, -0.2) is 37.8 Å². The van der Waals surface area contributed by atoms with E-state index < -0.39 is 16.0 Å². The van der Waals surface area contributed by atoms with Crippen LogP contribution < -0.4 is 4.72 Å². The quantitative estimate of drug-likeness (QED) is 0.640. The van der Waals surface area contributed by atoms with Crippen molar-refractivity contribution in [2.75, 3.05) is 13.2 Å². The van der Waals surface area contributed by atoms with Gasteiger partial charge in [-0.1, -0.05) is 0 Å². The Morgan fingerprint density at radius 1 is 1.32 bits per heavy atom. The van der Waals surface area contributed by atoms with Crippen molar-refractivity contribution in [3.8, 4) is 0 Å². The molecule has 0 aliphatic rings. The molecule has 1 aromatic rings. The van der Waals surface area contributed by atoms with Gasteiger partial charge < -0.3 is 10.2 Å². The molecule has 0 unspecified atom stereocenters. The van der Waals surface area contributed by atoms with Crippen molar-refractivity contribution in [1.29, 1.82) is 0 Å². The average molecular weight is 352 g/mol. The van der Waals surface area contributed by atoms with E-state index in [2.05, 4.69) is 20.7 Å². The zero-order valence-electron chi connectivity index (χ0n) is 9.97. The SMILES string of the molecule is O=C(O)c1ccc(S(=O)(=O)NCCCCO)c(Br)c1. The third kappa shape index (κ3) is 4.57. The van der Waals surface area contributed by atoms with Gasteiger partial charge in [0.1, 0.15) is 0 Å². The van der Waals surface area contributed by atoms with Gasteiger partial charge in [-0.3, -0.25) is 0 Å². The van der Waals surface area contributed by atoms with Gasteiger partial charge in [0, 0.05) is 17.6 Å². The van der Waals surface area contributed by atoms with E-state index in [1.807, 2.05) is 0 Å². The lowest BCUT2D eigenvalue weighted by atomic mass is 10.2. The van der Waals surface area contributed by atoms with E-state index in [-0.39, 0.29) is 28.1 Å². The maximum absolute atomic E-state index is 11.9. The highest BCUT2D eigenvalue weighted by Crippen LogP contribution is 2.23. The van der Waals surface area contributed by atoms with E-state index in [4.69, 9.17) is 10.2 Å². The summed E-state index contributed by atoms with van der Waals surface area (Å²) in [6, 6.07) is 3.71. The number of carbonyl (C=O) groups is 1. The minimum absolute atomic E-state index is 0.00565. The van der Waals surface area contributed by atoms with Gasteiger partial charge >= 0.3 is 5.97 Å². The summed E-state index contributed by atoms with van der Waals surface area (Å²) in [6.07, 6.45) is 1.04.